The summed E-state index contributed by atoms with van der Waals surface area (Å²) in [6, 6.07) is 11.7. The molecule has 2 aromatic rings. The third kappa shape index (κ3) is 3.74. The lowest BCUT2D eigenvalue weighted by atomic mass is 10.0. The summed E-state index contributed by atoms with van der Waals surface area (Å²) in [4.78, 5) is 5.47. The first kappa shape index (κ1) is 15.6. The second-order valence-corrected chi connectivity index (χ2v) is 5.75. The lowest BCUT2D eigenvalue weighted by Gasteiger charge is -2.08. The molecule has 1 aliphatic heterocycles. The number of quaternary nitrogens is 1. The quantitative estimate of drug-likeness (QED) is 0.904. The van der Waals surface area contributed by atoms with Gasteiger partial charge < -0.3 is 10.2 Å². The highest BCUT2D eigenvalue weighted by atomic mass is 19.1. The van der Waals surface area contributed by atoms with Crippen LogP contribution in [0.25, 0.3) is 0 Å². The number of aryl methyl sites for hydroxylation is 1. The van der Waals surface area contributed by atoms with Crippen molar-refractivity contribution in [3.05, 3.63) is 70.8 Å². The summed E-state index contributed by atoms with van der Waals surface area (Å²) in [5.74, 6) is -1.06. The van der Waals surface area contributed by atoms with Crippen LogP contribution in [0.5, 0.6) is 0 Å². The Kier molecular flexibility index (Phi) is 4.67. The molecule has 0 fully saturated rings. The molecular weight excluding hydrogens is 298 g/mol. The zero-order valence-electron chi connectivity index (χ0n) is 12.9. The van der Waals surface area contributed by atoms with E-state index in [9.17, 15) is 8.78 Å². The van der Waals surface area contributed by atoms with Gasteiger partial charge in [0.15, 0.2) is 6.10 Å². The van der Waals surface area contributed by atoms with E-state index in [1.54, 1.807) is 0 Å². The lowest BCUT2D eigenvalue weighted by Crippen LogP contribution is -2.84. The number of nitrogens with two attached hydrogens (primary N) is 1. The largest absolute Gasteiger partial charge is 0.386 e. The summed E-state index contributed by atoms with van der Waals surface area (Å²) in [6.07, 6.45) is 0.723. The van der Waals surface area contributed by atoms with Crippen LogP contribution in [0.4, 0.5) is 8.78 Å². The van der Waals surface area contributed by atoms with Crippen LogP contribution in [-0.4, -0.2) is 18.4 Å². The first-order valence-corrected chi connectivity index (χ1v) is 7.68. The molecule has 23 heavy (non-hydrogen) atoms. The second-order valence-electron chi connectivity index (χ2n) is 5.75. The molecule has 1 heterocycles. The maximum Gasteiger partial charge on any atom is 0.181 e. The van der Waals surface area contributed by atoms with E-state index < -0.39 is 11.6 Å². The molecular formula is C18H19F2N2O+. The summed E-state index contributed by atoms with van der Waals surface area (Å²) in [5.41, 5.74) is 3.73. The summed E-state index contributed by atoms with van der Waals surface area (Å²) >= 11 is 0. The van der Waals surface area contributed by atoms with Gasteiger partial charge >= 0.3 is 0 Å². The fourth-order valence-corrected chi connectivity index (χ4v) is 2.72. The molecule has 0 saturated heterocycles. The van der Waals surface area contributed by atoms with Gasteiger partial charge in [0.25, 0.3) is 0 Å². The first-order chi connectivity index (χ1) is 11.1. The molecule has 0 aromatic heterocycles. The van der Waals surface area contributed by atoms with Crippen LogP contribution in [0.3, 0.4) is 0 Å². The van der Waals surface area contributed by atoms with Gasteiger partial charge in [-0.15, -0.1) is 0 Å². The van der Waals surface area contributed by atoms with E-state index in [0.717, 1.165) is 23.8 Å². The van der Waals surface area contributed by atoms with Gasteiger partial charge in [0.05, 0.1) is 5.71 Å². The van der Waals surface area contributed by atoms with Crippen molar-refractivity contribution in [1.29, 1.82) is 0 Å². The van der Waals surface area contributed by atoms with E-state index in [1.807, 2.05) is 23.5 Å². The molecule has 3 nitrogen and oxygen atoms in total. The Morgan fingerprint density at radius 1 is 1.22 bits per heavy atom. The Morgan fingerprint density at radius 3 is 2.83 bits per heavy atom. The molecule has 0 amide bonds. The highest BCUT2D eigenvalue weighted by Crippen LogP contribution is 2.18. The molecule has 0 bridgehead atoms. The van der Waals surface area contributed by atoms with Crippen LogP contribution >= 0.6 is 0 Å². The third-order valence-electron chi connectivity index (χ3n) is 4.00. The van der Waals surface area contributed by atoms with Gasteiger partial charge in [-0.3, -0.25) is 0 Å². The summed E-state index contributed by atoms with van der Waals surface area (Å²) < 4.78 is 26.4. The van der Waals surface area contributed by atoms with Gasteiger partial charge in [0, 0.05) is 23.6 Å². The number of halogens is 2. The minimum absolute atomic E-state index is 0.0203. The Morgan fingerprint density at radius 2 is 2.04 bits per heavy atom. The SMILES string of the molecule is Cc1ccccc1C1=NO[C@H](C[NH2+]Cc2ccc(F)cc2F)C1. The Balaban J connectivity index is 1.51. The standard InChI is InChI=1S/C18H18F2N2O/c1-12-4-2-3-5-16(12)18-9-15(23-22-18)11-21-10-13-6-7-14(19)8-17(13)20/h2-8,15,21H,9-11H2,1H3/p+1/t15-/m0/s1. The highest BCUT2D eigenvalue weighted by Gasteiger charge is 2.24. The molecule has 3 rings (SSSR count). The fourth-order valence-electron chi connectivity index (χ4n) is 2.72. The topological polar surface area (TPSA) is 38.2 Å². The molecule has 0 aliphatic carbocycles. The van der Waals surface area contributed by atoms with Crippen LogP contribution in [0.1, 0.15) is 23.1 Å². The van der Waals surface area contributed by atoms with E-state index in [1.165, 1.54) is 17.7 Å². The van der Waals surface area contributed by atoms with Crippen molar-refractivity contribution in [3.8, 4) is 0 Å². The minimum Gasteiger partial charge on any atom is -0.386 e. The molecule has 1 aliphatic rings. The molecule has 0 spiro atoms. The Hall–Kier alpha value is -2.27. The van der Waals surface area contributed by atoms with Crippen LogP contribution in [0.15, 0.2) is 47.6 Å². The number of rotatable bonds is 5. The predicted molar refractivity (Wildman–Crippen MR) is 84.1 cm³/mol. The zero-order valence-corrected chi connectivity index (χ0v) is 12.9. The fraction of sp³-hybridized carbons (Fsp3) is 0.278. The van der Waals surface area contributed by atoms with Gasteiger partial charge in [-0.05, 0) is 24.6 Å². The normalized spacial score (nSPS) is 17.0. The van der Waals surface area contributed by atoms with Gasteiger partial charge in [-0.25, -0.2) is 8.78 Å². The molecule has 0 radical (unpaired) electrons. The number of benzene rings is 2. The number of hydrogen-bond donors (Lipinski definition) is 1. The smallest absolute Gasteiger partial charge is 0.181 e. The third-order valence-corrected chi connectivity index (χ3v) is 4.00. The summed E-state index contributed by atoms with van der Waals surface area (Å²) in [6.45, 7) is 3.18. The number of nitrogens with zero attached hydrogens (tertiary/aromatic N) is 1. The van der Waals surface area contributed by atoms with Crippen LogP contribution in [-0.2, 0) is 11.4 Å². The van der Waals surface area contributed by atoms with Crippen LogP contribution in [0.2, 0.25) is 0 Å². The molecule has 2 aromatic carbocycles. The first-order valence-electron chi connectivity index (χ1n) is 7.68. The molecule has 5 heteroatoms. The van der Waals surface area contributed by atoms with Gasteiger partial charge in [-0.2, -0.15) is 0 Å². The maximum atomic E-state index is 13.6. The molecule has 2 N–H and O–H groups in total. The zero-order chi connectivity index (χ0) is 16.2. The Bertz CT molecular complexity index is 731. The summed E-state index contributed by atoms with van der Waals surface area (Å²) in [5, 5.41) is 6.13. The average molecular weight is 317 g/mol. The molecule has 0 unspecified atom stereocenters. The van der Waals surface area contributed by atoms with E-state index in [0.29, 0.717) is 18.7 Å². The van der Waals surface area contributed by atoms with Crippen molar-refractivity contribution >= 4 is 5.71 Å². The molecule has 1 atom stereocenters. The van der Waals surface area contributed by atoms with Crippen molar-refractivity contribution in [3.63, 3.8) is 0 Å². The average Bonchev–Trinajstić information content (AvgIpc) is 2.98. The Labute approximate surface area is 134 Å². The lowest BCUT2D eigenvalue weighted by molar-refractivity contribution is -0.676. The highest BCUT2D eigenvalue weighted by molar-refractivity contribution is 6.02. The number of oxime groups is 1. The van der Waals surface area contributed by atoms with E-state index in [2.05, 4.69) is 18.1 Å². The van der Waals surface area contributed by atoms with Crippen LogP contribution in [0, 0.1) is 18.6 Å². The maximum absolute atomic E-state index is 13.6. The number of hydrogen-bond acceptors (Lipinski definition) is 2. The van der Waals surface area contributed by atoms with Gasteiger partial charge in [0.2, 0.25) is 0 Å². The van der Waals surface area contributed by atoms with Crippen molar-refractivity contribution < 1.29 is 18.9 Å². The summed E-state index contributed by atoms with van der Waals surface area (Å²) in [7, 11) is 0. The van der Waals surface area contributed by atoms with Crippen LogP contribution < -0.4 is 5.32 Å². The van der Waals surface area contributed by atoms with Gasteiger partial charge in [0.1, 0.15) is 24.7 Å². The van der Waals surface area contributed by atoms with Gasteiger partial charge in [-0.1, -0.05) is 29.4 Å². The minimum atomic E-state index is -0.554. The van der Waals surface area contributed by atoms with Crippen molar-refractivity contribution in [2.75, 3.05) is 6.54 Å². The second kappa shape index (κ2) is 6.87. The molecule has 120 valence electrons. The van der Waals surface area contributed by atoms with Crippen molar-refractivity contribution in [2.45, 2.75) is 26.0 Å². The predicted octanol–water partition coefficient (Wildman–Crippen LogP) is 2.53. The van der Waals surface area contributed by atoms with E-state index >= 15 is 0 Å². The monoisotopic (exact) mass is 317 g/mol. The van der Waals surface area contributed by atoms with Crippen molar-refractivity contribution in [2.24, 2.45) is 5.16 Å². The van der Waals surface area contributed by atoms with E-state index in [-0.39, 0.29) is 6.10 Å². The molecule has 0 saturated carbocycles. The van der Waals surface area contributed by atoms with Crippen molar-refractivity contribution in [1.82, 2.24) is 0 Å². The van der Waals surface area contributed by atoms with E-state index in [4.69, 9.17) is 4.84 Å².